The van der Waals surface area contributed by atoms with Crippen molar-refractivity contribution in [3.8, 4) is 11.1 Å². The number of carbonyl (C=O) groups excluding carboxylic acids is 2. The molecule has 1 aliphatic carbocycles. The molecule has 0 radical (unpaired) electrons. The van der Waals surface area contributed by atoms with E-state index in [1.165, 1.54) is 0 Å². The summed E-state index contributed by atoms with van der Waals surface area (Å²) in [5, 5.41) is 14.3. The zero-order valence-corrected chi connectivity index (χ0v) is 20.7. The number of anilines is 1. The molecular formula is C27H25BrN2O5. The third-order valence-electron chi connectivity index (χ3n) is 5.94. The molecule has 3 aromatic rings. The fraction of sp³-hybridized carbons (Fsp3) is 0.222. The van der Waals surface area contributed by atoms with Gasteiger partial charge < -0.3 is 15.2 Å². The number of halogens is 1. The fourth-order valence-electron chi connectivity index (χ4n) is 4.26. The van der Waals surface area contributed by atoms with Crippen LogP contribution < -0.4 is 10.6 Å². The average Bonchev–Trinajstić information content (AvgIpc) is 3.16. The monoisotopic (exact) mass is 536 g/mol. The maximum absolute atomic E-state index is 12.6. The van der Waals surface area contributed by atoms with Crippen LogP contribution in [0.4, 0.5) is 10.5 Å². The molecule has 0 bridgehead atoms. The highest BCUT2D eigenvalue weighted by atomic mass is 79.9. The predicted octanol–water partition coefficient (Wildman–Crippen LogP) is 5.65. The Labute approximate surface area is 211 Å². The molecule has 0 saturated heterocycles. The number of hydrogen-bond donors (Lipinski definition) is 3. The average molecular weight is 537 g/mol. The Hall–Kier alpha value is -3.65. The van der Waals surface area contributed by atoms with Gasteiger partial charge in [-0.15, -0.1) is 0 Å². The molecule has 1 atom stereocenters. The summed E-state index contributed by atoms with van der Waals surface area (Å²) in [6.07, 6.45) is -0.652. The zero-order chi connectivity index (χ0) is 24.9. The van der Waals surface area contributed by atoms with Gasteiger partial charge in [0.15, 0.2) is 0 Å². The SMILES string of the molecule is CC(CNC(=O)c1cc(NC(=O)OCC2c3ccccc3-c3ccccc32)ccc1Br)CC(=O)O. The molecule has 3 aromatic carbocycles. The number of fused-ring (bicyclic) bond motifs is 3. The normalized spacial score (nSPS) is 12.9. The van der Waals surface area contributed by atoms with E-state index in [4.69, 9.17) is 9.84 Å². The highest BCUT2D eigenvalue weighted by Gasteiger charge is 2.29. The number of benzene rings is 3. The number of ether oxygens (including phenoxy) is 1. The zero-order valence-electron chi connectivity index (χ0n) is 19.1. The summed E-state index contributed by atoms with van der Waals surface area (Å²) in [7, 11) is 0. The van der Waals surface area contributed by atoms with Gasteiger partial charge in [0.25, 0.3) is 5.91 Å². The first kappa shape index (κ1) is 24.5. The Morgan fingerprint density at radius 2 is 1.63 bits per heavy atom. The van der Waals surface area contributed by atoms with Gasteiger partial charge in [0.1, 0.15) is 6.61 Å². The lowest BCUT2D eigenvalue weighted by molar-refractivity contribution is -0.137. The van der Waals surface area contributed by atoms with Gasteiger partial charge in [-0.1, -0.05) is 55.5 Å². The first-order valence-corrected chi connectivity index (χ1v) is 12.0. The van der Waals surface area contributed by atoms with E-state index in [1.54, 1.807) is 25.1 Å². The van der Waals surface area contributed by atoms with E-state index >= 15 is 0 Å². The number of aliphatic carboxylic acids is 1. The van der Waals surface area contributed by atoms with Crippen LogP contribution in [0.2, 0.25) is 0 Å². The number of carboxylic acids is 1. The van der Waals surface area contributed by atoms with E-state index in [0.717, 1.165) is 22.3 Å². The lowest BCUT2D eigenvalue weighted by atomic mass is 9.98. The van der Waals surface area contributed by atoms with Crippen LogP contribution in [-0.4, -0.2) is 36.2 Å². The molecule has 0 heterocycles. The number of carbonyl (C=O) groups is 3. The standard InChI is InChI=1S/C27H25BrN2O5/c1-16(12-25(31)32)14-29-26(33)22-13-17(10-11-24(22)28)30-27(34)35-15-23-20-8-4-2-6-18(20)19-7-3-5-9-21(19)23/h2-11,13,16,23H,12,14-15H2,1H3,(H,29,33)(H,30,34)(H,31,32). The number of carboxylic acid groups (broad SMARTS) is 1. The molecule has 3 N–H and O–H groups in total. The molecule has 0 aliphatic heterocycles. The number of hydrogen-bond acceptors (Lipinski definition) is 4. The fourth-order valence-corrected chi connectivity index (χ4v) is 4.69. The molecule has 2 amide bonds. The molecule has 0 spiro atoms. The Bertz CT molecular complexity index is 1230. The molecule has 0 fully saturated rings. The van der Waals surface area contributed by atoms with E-state index in [1.807, 2.05) is 24.3 Å². The third-order valence-corrected chi connectivity index (χ3v) is 6.63. The van der Waals surface area contributed by atoms with Crippen LogP contribution in [0, 0.1) is 5.92 Å². The number of amides is 2. The second-order valence-electron chi connectivity index (χ2n) is 8.56. The minimum atomic E-state index is -0.915. The molecule has 0 aromatic heterocycles. The summed E-state index contributed by atoms with van der Waals surface area (Å²) < 4.78 is 6.13. The van der Waals surface area contributed by atoms with Crippen LogP contribution in [0.3, 0.4) is 0 Å². The van der Waals surface area contributed by atoms with Crippen molar-refractivity contribution in [1.82, 2.24) is 5.32 Å². The van der Waals surface area contributed by atoms with Gasteiger partial charge in [0.05, 0.1) is 5.56 Å². The van der Waals surface area contributed by atoms with Crippen molar-refractivity contribution in [2.45, 2.75) is 19.3 Å². The predicted molar refractivity (Wildman–Crippen MR) is 137 cm³/mol. The van der Waals surface area contributed by atoms with Crippen molar-refractivity contribution >= 4 is 39.6 Å². The minimum absolute atomic E-state index is 0.0369. The Morgan fingerprint density at radius 3 is 2.26 bits per heavy atom. The van der Waals surface area contributed by atoms with Crippen molar-refractivity contribution < 1.29 is 24.2 Å². The van der Waals surface area contributed by atoms with Gasteiger partial charge >= 0.3 is 12.1 Å². The molecule has 8 heteroatoms. The molecule has 0 saturated carbocycles. The van der Waals surface area contributed by atoms with Gasteiger partial charge in [-0.2, -0.15) is 0 Å². The first-order valence-electron chi connectivity index (χ1n) is 11.2. The van der Waals surface area contributed by atoms with Crippen LogP contribution in [0.1, 0.15) is 40.7 Å². The van der Waals surface area contributed by atoms with Gasteiger partial charge in [0, 0.05) is 29.0 Å². The summed E-state index contributed by atoms with van der Waals surface area (Å²) in [5.74, 6) is -1.54. The summed E-state index contributed by atoms with van der Waals surface area (Å²) >= 11 is 3.35. The van der Waals surface area contributed by atoms with Crippen molar-refractivity contribution in [2.24, 2.45) is 5.92 Å². The first-order chi connectivity index (χ1) is 16.8. The van der Waals surface area contributed by atoms with Gasteiger partial charge in [-0.3, -0.25) is 14.9 Å². The van der Waals surface area contributed by atoms with Crippen LogP contribution in [0.15, 0.2) is 71.2 Å². The van der Waals surface area contributed by atoms with Crippen molar-refractivity contribution in [3.05, 3.63) is 87.9 Å². The van der Waals surface area contributed by atoms with E-state index in [0.29, 0.717) is 15.7 Å². The highest BCUT2D eigenvalue weighted by molar-refractivity contribution is 9.10. The van der Waals surface area contributed by atoms with Crippen molar-refractivity contribution in [1.29, 1.82) is 0 Å². The molecule has 1 unspecified atom stereocenters. The molecule has 4 rings (SSSR count). The van der Waals surface area contributed by atoms with Crippen LogP contribution >= 0.6 is 15.9 Å². The molecular weight excluding hydrogens is 512 g/mol. The lowest BCUT2D eigenvalue weighted by Gasteiger charge is -2.15. The largest absolute Gasteiger partial charge is 0.481 e. The van der Waals surface area contributed by atoms with Gasteiger partial charge in [0.2, 0.25) is 0 Å². The second kappa shape index (κ2) is 10.7. The number of nitrogens with one attached hydrogen (secondary N) is 2. The van der Waals surface area contributed by atoms with E-state index in [2.05, 4.69) is 50.8 Å². The third kappa shape index (κ3) is 5.71. The smallest absolute Gasteiger partial charge is 0.411 e. The van der Waals surface area contributed by atoms with Crippen LogP contribution in [0.25, 0.3) is 11.1 Å². The van der Waals surface area contributed by atoms with Crippen LogP contribution in [0.5, 0.6) is 0 Å². The van der Waals surface area contributed by atoms with E-state index in [-0.39, 0.29) is 37.3 Å². The van der Waals surface area contributed by atoms with Crippen LogP contribution in [-0.2, 0) is 9.53 Å². The molecule has 35 heavy (non-hydrogen) atoms. The van der Waals surface area contributed by atoms with Crippen molar-refractivity contribution in [3.63, 3.8) is 0 Å². The molecule has 7 nitrogen and oxygen atoms in total. The van der Waals surface area contributed by atoms with E-state index in [9.17, 15) is 14.4 Å². The molecule has 180 valence electrons. The van der Waals surface area contributed by atoms with Gasteiger partial charge in [-0.25, -0.2) is 4.79 Å². The maximum atomic E-state index is 12.6. The summed E-state index contributed by atoms with van der Waals surface area (Å²) in [5.41, 5.74) is 5.29. The minimum Gasteiger partial charge on any atom is -0.481 e. The Balaban J connectivity index is 1.38. The molecule has 1 aliphatic rings. The summed E-state index contributed by atoms with van der Waals surface area (Å²) in [6.45, 7) is 2.16. The topological polar surface area (TPSA) is 105 Å². The number of rotatable bonds is 8. The summed E-state index contributed by atoms with van der Waals surface area (Å²) in [6, 6.07) is 21.1. The second-order valence-corrected chi connectivity index (χ2v) is 9.41. The van der Waals surface area contributed by atoms with Crippen molar-refractivity contribution in [2.75, 3.05) is 18.5 Å². The van der Waals surface area contributed by atoms with Gasteiger partial charge in [-0.05, 0) is 62.3 Å². The lowest BCUT2D eigenvalue weighted by Crippen LogP contribution is -2.29. The van der Waals surface area contributed by atoms with E-state index < -0.39 is 12.1 Å². The quantitative estimate of drug-likeness (QED) is 0.345. The maximum Gasteiger partial charge on any atom is 0.411 e. The highest BCUT2D eigenvalue weighted by Crippen LogP contribution is 2.44. The Kier molecular flexibility index (Phi) is 7.51. The summed E-state index contributed by atoms with van der Waals surface area (Å²) in [4.78, 5) is 36.0. The Morgan fingerprint density at radius 1 is 1.00 bits per heavy atom.